The van der Waals surface area contributed by atoms with E-state index in [0.717, 1.165) is 5.56 Å². The van der Waals surface area contributed by atoms with Crippen molar-refractivity contribution in [3.63, 3.8) is 0 Å². The van der Waals surface area contributed by atoms with Gasteiger partial charge in [-0.25, -0.2) is 4.98 Å². The van der Waals surface area contributed by atoms with E-state index in [0.29, 0.717) is 19.0 Å². The lowest BCUT2D eigenvalue weighted by Crippen LogP contribution is -2.46. The lowest BCUT2D eigenvalue weighted by atomic mass is 9.93. The average molecular weight is 166 g/mol. The van der Waals surface area contributed by atoms with E-state index < -0.39 is 5.60 Å². The fourth-order valence-corrected chi connectivity index (χ4v) is 1.20. The normalized spacial score (nSPS) is 20.1. The quantitative estimate of drug-likeness (QED) is 0.610. The SMILES string of the molecule is Nc1cc(C2(O)COC2)ccn1. The number of rotatable bonds is 1. The number of hydrogen-bond acceptors (Lipinski definition) is 4. The maximum atomic E-state index is 9.80. The Morgan fingerprint density at radius 1 is 1.58 bits per heavy atom. The van der Waals surface area contributed by atoms with Crippen molar-refractivity contribution in [3.05, 3.63) is 23.9 Å². The molecule has 2 rings (SSSR count). The number of pyridine rings is 1. The molecule has 1 saturated heterocycles. The van der Waals surface area contributed by atoms with E-state index in [2.05, 4.69) is 4.98 Å². The highest BCUT2D eigenvalue weighted by Crippen LogP contribution is 2.29. The van der Waals surface area contributed by atoms with Crippen LogP contribution in [0.25, 0.3) is 0 Å². The minimum atomic E-state index is -0.836. The van der Waals surface area contributed by atoms with Gasteiger partial charge in [-0.3, -0.25) is 0 Å². The summed E-state index contributed by atoms with van der Waals surface area (Å²) in [4.78, 5) is 3.84. The highest BCUT2D eigenvalue weighted by atomic mass is 16.5. The summed E-state index contributed by atoms with van der Waals surface area (Å²) in [7, 11) is 0. The second-order valence-corrected chi connectivity index (χ2v) is 2.99. The van der Waals surface area contributed by atoms with E-state index in [1.807, 2.05) is 0 Å². The van der Waals surface area contributed by atoms with E-state index in [-0.39, 0.29) is 0 Å². The third-order valence-electron chi connectivity index (χ3n) is 2.00. The number of aliphatic hydroxyl groups is 1. The van der Waals surface area contributed by atoms with Crippen LogP contribution in [0.15, 0.2) is 18.3 Å². The number of nitrogen functional groups attached to an aromatic ring is 1. The summed E-state index contributed by atoms with van der Waals surface area (Å²) in [5.74, 6) is 0.424. The number of hydrogen-bond donors (Lipinski definition) is 2. The molecule has 1 aliphatic rings. The average Bonchev–Trinajstić information content (AvgIpc) is 2.00. The summed E-state index contributed by atoms with van der Waals surface area (Å²) in [5, 5.41) is 9.80. The molecule has 0 amide bonds. The van der Waals surface area contributed by atoms with Gasteiger partial charge in [0.25, 0.3) is 0 Å². The summed E-state index contributed by atoms with van der Waals surface area (Å²) < 4.78 is 4.92. The van der Waals surface area contributed by atoms with E-state index >= 15 is 0 Å². The first-order valence-corrected chi connectivity index (χ1v) is 3.73. The third-order valence-corrected chi connectivity index (χ3v) is 2.00. The maximum Gasteiger partial charge on any atom is 0.136 e. The molecule has 0 aromatic carbocycles. The van der Waals surface area contributed by atoms with Crippen molar-refractivity contribution in [1.29, 1.82) is 0 Å². The van der Waals surface area contributed by atoms with Crippen molar-refractivity contribution >= 4 is 5.82 Å². The van der Waals surface area contributed by atoms with Crippen LogP contribution < -0.4 is 5.73 Å². The van der Waals surface area contributed by atoms with Gasteiger partial charge in [0.05, 0.1) is 13.2 Å². The molecule has 0 saturated carbocycles. The summed E-state index contributed by atoms with van der Waals surface area (Å²) in [6.07, 6.45) is 1.58. The second kappa shape index (κ2) is 2.43. The Kier molecular flexibility index (Phi) is 1.52. The Bertz CT molecular complexity index is 297. The summed E-state index contributed by atoms with van der Waals surface area (Å²) in [5.41, 5.74) is 5.41. The van der Waals surface area contributed by atoms with Crippen molar-refractivity contribution in [3.8, 4) is 0 Å². The molecule has 64 valence electrons. The van der Waals surface area contributed by atoms with Gasteiger partial charge in [0, 0.05) is 6.20 Å². The van der Waals surface area contributed by atoms with E-state index in [9.17, 15) is 5.11 Å². The van der Waals surface area contributed by atoms with Crippen LogP contribution in [-0.4, -0.2) is 23.3 Å². The topological polar surface area (TPSA) is 68.4 Å². The standard InChI is InChI=1S/C8H10N2O2/c9-7-3-6(1-2-10-7)8(11)4-12-5-8/h1-3,11H,4-5H2,(H2,9,10). The van der Waals surface area contributed by atoms with Crippen LogP contribution in [0.3, 0.4) is 0 Å². The van der Waals surface area contributed by atoms with Gasteiger partial charge in [0.1, 0.15) is 11.4 Å². The van der Waals surface area contributed by atoms with Crippen LogP contribution in [0, 0.1) is 0 Å². The van der Waals surface area contributed by atoms with Gasteiger partial charge in [-0.05, 0) is 17.7 Å². The first kappa shape index (κ1) is 7.52. The first-order valence-electron chi connectivity index (χ1n) is 3.73. The molecule has 3 N–H and O–H groups in total. The fraction of sp³-hybridized carbons (Fsp3) is 0.375. The van der Waals surface area contributed by atoms with Gasteiger partial charge in [0.15, 0.2) is 0 Å². The molecule has 12 heavy (non-hydrogen) atoms. The highest BCUT2D eigenvalue weighted by Gasteiger charge is 2.37. The van der Waals surface area contributed by atoms with E-state index in [1.165, 1.54) is 0 Å². The van der Waals surface area contributed by atoms with Crippen molar-refractivity contribution < 1.29 is 9.84 Å². The maximum absolute atomic E-state index is 9.80. The number of ether oxygens (including phenoxy) is 1. The van der Waals surface area contributed by atoms with Gasteiger partial charge >= 0.3 is 0 Å². The molecule has 0 unspecified atom stereocenters. The predicted octanol–water partition coefficient (Wildman–Crippen LogP) is -0.118. The van der Waals surface area contributed by atoms with Gasteiger partial charge in [-0.2, -0.15) is 0 Å². The third kappa shape index (κ3) is 1.05. The molecular formula is C8H10N2O2. The fourth-order valence-electron chi connectivity index (χ4n) is 1.20. The van der Waals surface area contributed by atoms with Crippen molar-refractivity contribution in [2.45, 2.75) is 5.60 Å². The molecule has 0 aliphatic carbocycles. The molecule has 4 heteroatoms. The Hall–Kier alpha value is -1.13. The minimum Gasteiger partial charge on any atom is -0.384 e. The van der Waals surface area contributed by atoms with Crippen LogP contribution in [0.4, 0.5) is 5.82 Å². The Balaban J connectivity index is 2.33. The molecule has 0 atom stereocenters. The lowest BCUT2D eigenvalue weighted by Gasteiger charge is -2.36. The van der Waals surface area contributed by atoms with Gasteiger partial charge in [0.2, 0.25) is 0 Å². The van der Waals surface area contributed by atoms with Crippen LogP contribution in [0.1, 0.15) is 5.56 Å². The summed E-state index contributed by atoms with van der Waals surface area (Å²) in [6, 6.07) is 3.42. The largest absolute Gasteiger partial charge is 0.384 e. The van der Waals surface area contributed by atoms with Crippen molar-refractivity contribution in [2.24, 2.45) is 0 Å². The zero-order valence-corrected chi connectivity index (χ0v) is 6.53. The van der Waals surface area contributed by atoms with Gasteiger partial charge in [-0.1, -0.05) is 0 Å². The van der Waals surface area contributed by atoms with Crippen LogP contribution >= 0.6 is 0 Å². The Morgan fingerprint density at radius 2 is 2.33 bits per heavy atom. The number of aromatic nitrogens is 1. The molecule has 1 aromatic rings. The van der Waals surface area contributed by atoms with Crippen molar-refractivity contribution in [1.82, 2.24) is 4.98 Å². The minimum absolute atomic E-state index is 0.344. The molecular weight excluding hydrogens is 156 g/mol. The molecule has 1 fully saturated rings. The highest BCUT2D eigenvalue weighted by molar-refractivity contribution is 5.35. The Morgan fingerprint density at radius 3 is 2.83 bits per heavy atom. The zero-order valence-electron chi connectivity index (χ0n) is 6.53. The van der Waals surface area contributed by atoms with Crippen LogP contribution in [0.2, 0.25) is 0 Å². The van der Waals surface area contributed by atoms with E-state index in [1.54, 1.807) is 18.3 Å². The smallest absolute Gasteiger partial charge is 0.136 e. The molecule has 0 bridgehead atoms. The van der Waals surface area contributed by atoms with Gasteiger partial charge < -0.3 is 15.6 Å². The second-order valence-electron chi connectivity index (χ2n) is 2.99. The Labute approximate surface area is 70.0 Å². The number of nitrogens with two attached hydrogens (primary N) is 1. The summed E-state index contributed by atoms with van der Waals surface area (Å²) >= 11 is 0. The molecule has 0 radical (unpaired) electrons. The molecule has 1 aromatic heterocycles. The first-order chi connectivity index (χ1) is 5.71. The van der Waals surface area contributed by atoms with Crippen LogP contribution in [-0.2, 0) is 10.3 Å². The molecule has 1 aliphatic heterocycles. The van der Waals surface area contributed by atoms with E-state index in [4.69, 9.17) is 10.5 Å². The molecule has 4 nitrogen and oxygen atoms in total. The predicted molar refractivity (Wildman–Crippen MR) is 43.4 cm³/mol. The molecule has 0 spiro atoms. The van der Waals surface area contributed by atoms with Gasteiger partial charge in [-0.15, -0.1) is 0 Å². The number of anilines is 1. The van der Waals surface area contributed by atoms with Crippen molar-refractivity contribution in [2.75, 3.05) is 18.9 Å². The zero-order chi connectivity index (χ0) is 8.60. The lowest BCUT2D eigenvalue weighted by molar-refractivity contribution is -0.184. The van der Waals surface area contributed by atoms with Crippen LogP contribution in [0.5, 0.6) is 0 Å². The summed E-state index contributed by atoms with van der Waals surface area (Å²) in [6.45, 7) is 0.687. The number of nitrogens with zero attached hydrogens (tertiary/aromatic N) is 1. The monoisotopic (exact) mass is 166 g/mol. The molecule has 2 heterocycles.